The molecule has 0 saturated heterocycles. The highest BCUT2D eigenvalue weighted by atomic mass is 16.2. The Morgan fingerprint density at radius 3 is 2.56 bits per heavy atom. The zero-order valence-corrected chi connectivity index (χ0v) is 5.43. The number of carbonyl (C=O) groups excluding carboxylic acids is 1. The molecule has 0 heterocycles. The molecule has 0 rings (SSSR count). The number of hydrogen-bond donors (Lipinski definition) is 0. The van der Waals surface area contributed by atoms with E-state index in [1.54, 1.807) is 5.94 Å². The van der Waals surface area contributed by atoms with Crippen molar-refractivity contribution in [2.24, 2.45) is 0 Å². The Kier molecular flexibility index (Phi) is 6.92. The lowest BCUT2D eigenvalue weighted by atomic mass is 10.2. The summed E-state index contributed by atoms with van der Waals surface area (Å²) in [6.45, 7) is 0.00477. The van der Waals surface area contributed by atoms with Crippen molar-refractivity contribution in [2.75, 3.05) is 6.61 Å². The van der Waals surface area contributed by atoms with Crippen LogP contribution in [0.1, 0.15) is 25.7 Å². The molecule has 0 unspecified atom stereocenters. The Morgan fingerprint density at radius 2 is 2.00 bits per heavy atom. The van der Waals surface area contributed by atoms with E-state index in [2.05, 4.69) is 0 Å². The molecule has 0 atom stereocenters. The van der Waals surface area contributed by atoms with Crippen molar-refractivity contribution < 1.29 is 9.90 Å². The van der Waals surface area contributed by atoms with Crippen molar-refractivity contribution >= 4 is 5.94 Å². The molecule has 0 fully saturated rings. The highest BCUT2D eigenvalue weighted by Crippen LogP contribution is 1.97. The molecule has 0 saturated carbocycles. The van der Waals surface area contributed by atoms with Crippen LogP contribution in [0.3, 0.4) is 0 Å². The van der Waals surface area contributed by atoms with Gasteiger partial charge in [0, 0.05) is 0 Å². The lowest BCUT2D eigenvalue weighted by molar-refractivity contribution is 0.186. The van der Waals surface area contributed by atoms with Crippen molar-refractivity contribution in [1.29, 1.82) is 0 Å². The molecular formula is C7H11O2. The summed E-state index contributed by atoms with van der Waals surface area (Å²) < 4.78 is 0. The maximum atomic E-state index is 9.87. The molecule has 0 amide bonds. The second kappa shape index (κ2) is 7.41. The number of allylic oxidation sites excluding steroid dienone is 1. The molecule has 0 aromatic heterocycles. The SMILES string of the molecule is [O]CCCCCC=C=O. The van der Waals surface area contributed by atoms with E-state index in [1.165, 1.54) is 6.08 Å². The van der Waals surface area contributed by atoms with Gasteiger partial charge in [-0.3, -0.25) is 0 Å². The molecule has 0 bridgehead atoms. The lowest BCUT2D eigenvalue weighted by Gasteiger charge is -1.89. The minimum atomic E-state index is 0.00477. The highest BCUT2D eigenvalue weighted by molar-refractivity contribution is 5.44. The van der Waals surface area contributed by atoms with Gasteiger partial charge in [0.25, 0.3) is 0 Å². The van der Waals surface area contributed by atoms with Crippen molar-refractivity contribution in [1.82, 2.24) is 0 Å². The molecule has 2 nitrogen and oxygen atoms in total. The quantitative estimate of drug-likeness (QED) is 0.406. The molecule has 9 heavy (non-hydrogen) atoms. The third-order valence-electron chi connectivity index (χ3n) is 1.08. The van der Waals surface area contributed by atoms with Gasteiger partial charge in [0.1, 0.15) is 5.94 Å². The van der Waals surface area contributed by atoms with Crippen molar-refractivity contribution in [3.8, 4) is 0 Å². The van der Waals surface area contributed by atoms with Crippen LogP contribution >= 0.6 is 0 Å². The van der Waals surface area contributed by atoms with Gasteiger partial charge in [0.2, 0.25) is 0 Å². The van der Waals surface area contributed by atoms with E-state index < -0.39 is 0 Å². The number of hydrogen-bond acceptors (Lipinski definition) is 1. The first-order chi connectivity index (χ1) is 4.41. The number of rotatable bonds is 5. The van der Waals surface area contributed by atoms with E-state index >= 15 is 0 Å². The van der Waals surface area contributed by atoms with Crippen LogP contribution in [0.5, 0.6) is 0 Å². The molecule has 0 aromatic rings. The van der Waals surface area contributed by atoms with E-state index in [4.69, 9.17) is 0 Å². The van der Waals surface area contributed by atoms with Crippen molar-refractivity contribution in [3.63, 3.8) is 0 Å². The van der Waals surface area contributed by atoms with Gasteiger partial charge in [-0.05, 0) is 25.3 Å². The average molecular weight is 127 g/mol. The molecule has 51 valence electrons. The third-order valence-corrected chi connectivity index (χ3v) is 1.08. The van der Waals surface area contributed by atoms with Crippen LogP contribution in [0.25, 0.3) is 0 Å². The van der Waals surface area contributed by atoms with Gasteiger partial charge in [-0.25, -0.2) is 9.90 Å². The highest BCUT2D eigenvalue weighted by Gasteiger charge is 1.84. The Balaban J connectivity index is 2.82. The predicted molar refractivity (Wildman–Crippen MR) is 34.3 cm³/mol. The van der Waals surface area contributed by atoms with Crippen LogP contribution < -0.4 is 0 Å². The fourth-order valence-corrected chi connectivity index (χ4v) is 0.584. The summed E-state index contributed by atoms with van der Waals surface area (Å²) in [6, 6.07) is 0. The zero-order chi connectivity index (χ0) is 6.95. The molecule has 0 aliphatic heterocycles. The molecule has 1 radical (unpaired) electrons. The van der Waals surface area contributed by atoms with E-state index in [1.807, 2.05) is 0 Å². The van der Waals surface area contributed by atoms with E-state index in [0.29, 0.717) is 0 Å². The van der Waals surface area contributed by atoms with Crippen LogP contribution in [-0.2, 0) is 9.90 Å². The smallest absolute Gasteiger partial charge is 0.120 e. The number of unbranched alkanes of at least 4 members (excludes halogenated alkanes) is 3. The lowest BCUT2D eigenvalue weighted by Crippen LogP contribution is -1.79. The standard InChI is InChI=1S/C7H11O2/c8-6-4-2-1-3-5-7-9/h4H,1-3,5,7H2. The van der Waals surface area contributed by atoms with Crippen LogP contribution in [0, 0.1) is 0 Å². The summed E-state index contributed by atoms with van der Waals surface area (Å²) in [6.07, 6.45) is 4.83. The molecule has 0 aromatic carbocycles. The van der Waals surface area contributed by atoms with Gasteiger partial charge >= 0.3 is 0 Å². The molecule has 0 spiro atoms. The van der Waals surface area contributed by atoms with Gasteiger partial charge in [0.05, 0.1) is 6.61 Å². The van der Waals surface area contributed by atoms with Crippen LogP contribution in [0.4, 0.5) is 0 Å². The minimum absolute atomic E-state index is 0.00477. The van der Waals surface area contributed by atoms with Crippen LogP contribution in [0.15, 0.2) is 6.08 Å². The van der Waals surface area contributed by atoms with E-state index in [0.717, 1.165) is 25.7 Å². The average Bonchev–Trinajstić information content (AvgIpc) is 1.89. The predicted octanol–water partition coefficient (Wildman–Crippen LogP) is 1.37. The first-order valence-corrected chi connectivity index (χ1v) is 3.19. The van der Waals surface area contributed by atoms with Gasteiger partial charge < -0.3 is 0 Å². The first-order valence-electron chi connectivity index (χ1n) is 3.19. The Labute approximate surface area is 55.2 Å². The summed E-state index contributed by atoms with van der Waals surface area (Å²) in [4.78, 5) is 9.60. The largest absolute Gasteiger partial charge is 0.237 e. The first kappa shape index (κ1) is 8.41. The molecule has 0 aliphatic carbocycles. The Bertz CT molecular complexity index is 93.1. The van der Waals surface area contributed by atoms with E-state index in [-0.39, 0.29) is 6.61 Å². The maximum Gasteiger partial charge on any atom is 0.120 e. The fourth-order valence-electron chi connectivity index (χ4n) is 0.584. The Hall–Kier alpha value is -0.590. The molecular weight excluding hydrogens is 116 g/mol. The summed E-state index contributed by atoms with van der Waals surface area (Å²) in [5, 5.41) is 9.87. The topological polar surface area (TPSA) is 37.0 Å². The van der Waals surface area contributed by atoms with Gasteiger partial charge in [0.15, 0.2) is 0 Å². The maximum absolute atomic E-state index is 9.87. The normalized spacial score (nSPS) is 8.56. The van der Waals surface area contributed by atoms with E-state index in [9.17, 15) is 9.90 Å². The monoisotopic (exact) mass is 127 g/mol. The van der Waals surface area contributed by atoms with Gasteiger partial charge in [-0.1, -0.05) is 6.42 Å². The Morgan fingerprint density at radius 1 is 1.22 bits per heavy atom. The van der Waals surface area contributed by atoms with Gasteiger partial charge in [-0.2, -0.15) is 0 Å². The zero-order valence-electron chi connectivity index (χ0n) is 5.43. The summed E-state index contributed by atoms with van der Waals surface area (Å²) >= 11 is 0. The minimum Gasteiger partial charge on any atom is -0.237 e. The summed E-state index contributed by atoms with van der Waals surface area (Å²) in [7, 11) is 0. The second-order valence-electron chi connectivity index (χ2n) is 1.88. The molecule has 2 heteroatoms. The third kappa shape index (κ3) is 7.41. The second-order valence-corrected chi connectivity index (χ2v) is 1.88. The molecule has 0 aliphatic rings. The fraction of sp³-hybridized carbons (Fsp3) is 0.714. The van der Waals surface area contributed by atoms with Crippen molar-refractivity contribution in [2.45, 2.75) is 25.7 Å². The summed E-state index contributed by atoms with van der Waals surface area (Å²) in [5.74, 6) is 1.69. The summed E-state index contributed by atoms with van der Waals surface area (Å²) in [5.41, 5.74) is 0. The molecule has 0 N–H and O–H groups in total. The van der Waals surface area contributed by atoms with Crippen molar-refractivity contribution in [3.05, 3.63) is 6.08 Å². The van der Waals surface area contributed by atoms with Crippen LogP contribution in [-0.4, -0.2) is 12.5 Å². The van der Waals surface area contributed by atoms with Crippen LogP contribution in [0.2, 0.25) is 0 Å². The van der Waals surface area contributed by atoms with Gasteiger partial charge in [-0.15, -0.1) is 0 Å².